The molecular formula is C15H14FN3O. The van der Waals surface area contributed by atoms with E-state index in [9.17, 15) is 4.39 Å². The minimum atomic E-state index is -0.409. The van der Waals surface area contributed by atoms with Crippen LogP contribution >= 0.6 is 0 Å². The third-order valence-corrected chi connectivity index (χ3v) is 3.21. The van der Waals surface area contributed by atoms with Gasteiger partial charge in [0.2, 0.25) is 0 Å². The Morgan fingerprint density at radius 2 is 2.10 bits per heavy atom. The number of nitrogens with two attached hydrogens (primary N) is 1. The second kappa shape index (κ2) is 4.94. The van der Waals surface area contributed by atoms with E-state index in [2.05, 4.69) is 9.97 Å². The molecule has 3 N–H and O–H groups in total. The zero-order chi connectivity index (χ0) is 14.1. The summed E-state index contributed by atoms with van der Waals surface area (Å²) in [6.07, 6.45) is 0. The second-order valence-corrected chi connectivity index (χ2v) is 4.49. The molecule has 0 aliphatic heterocycles. The number of hydrogen-bond acceptors (Lipinski definition) is 3. The van der Waals surface area contributed by atoms with Gasteiger partial charge in [0.05, 0.1) is 18.1 Å². The molecule has 0 saturated carbocycles. The molecule has 0 bridgehead atoms. The molecule has 0 fully saturated rings. The van der Waals surface area contributed by atoms with Crippen LogP contribution in [0.5, 0.6) is 5.75 Å². The van der Waals surface area contributed by atoms with Crippen LogP contribution in [0.1, 0.15) is 5.56 Å². The van der Waals surface area contributed by atoms with E-state index in [0.717, 1.165) is 16.6 Å². The summed E-state index contributed by atoms with van der Waals surface area (Å²) in [5.74, 6) is 0.430. The summed E-state index contributed by atoms with van der Waals surface area (Å²) in [4.78, 5) is 7.63. The number of H-pyrrole nitrogens is 1. The van der Waals surface area contributed by atoms with Gasteiger partial charge in [-0.15, -0.1) is 0 Å². The summed E-state index contributed by atoms with van der Waals surface area (Å²) in [6, 6.07) is 10.5. The number of aromatic nitrogens is 2. The van der Waals surface area contributed by atoms with E-state index in [1.807, 2.05) is 18.2 Å². The molecule has 0 aliphatic rings. The molecule has 3 rings (SSSR count). The minimum Gasteiger partial charge on any atom is -0.494 e. The van der Waals surface area contributed by atoms with Gasteiger partial charge in [0.25, 0.3) is 0 Å². The third kappa shape index (κ3) is 2.12. The van der Waals surface area contributed by atoms with Crippen LogP contribution < -0.4 is 10.5 Å². The van der Waals surface area contributed by atoms with Crippen LogP contribution in [0.4, 0.5) is 4.39 Å². The molecule has 2 aromatic carbocycles. The summed E-state index contributed by atoms with van der Waals surface area (Å²) < 4.78 is 18.6. The van der Waals surface area contributed by atoms with Crippen molar-refractivity contribution < 1.29 is 9.13 Å². The zero-order valence-corrected chi connectivity index (χ0v) is 11.0. The Kier molecular flexibility index (Phi) is 3.12. The lowest BCUT2D eigenvalue weighted by molar-refractivity contribution is 0.386. The molecular weight excluding hydrogens is 257 g/mol. The largest absolute Gasteiger partial charge is 0.494 e. The molecule has 102 valence electrons. The topological polar surface area (TPSA) is 63.9 Å². The first kappa shape index (κ1) is 12.6. The van der Waals surface area contributed by atoms with Crippen molar-refractivity contribution in [1.29, 1.82) is 0 Å². The van der Waals surface area contributed by atoms with E-state index in [1.54, 1.807) is 12.1 Å². The van der Waals surface area contributed by atoms with Crippen LogP contribution in [0.3, 0.4) is 0 Å². The quantitative estimate of drug-likeness (QED) is 0.770. The maximum atomic E-state index is 13.7. The summed E-state index contributed by atoms with van der Waals surface area (Å²) in [5, 5.41) is 0. The third-order valence-electron chi connectivity index (χ3n) is 3.21. The van der Waals surface area contributed by atoms with Crippen LogP contribution in [0.2, 0.25) is 0 Å². The van der Waals surface area contributed by atoms with Gasteiger partial charge in [-0.05, 0) is 35.9 Å². The average Bonchev–Trinajstić information content (AvgIpc) is 2.89. The predicted molar refractivity (Wildman–Crippen MR) is 75.9 cm³/mol. The Morgan fingerprint density at radius 1 is 1.25 bits per heavy atom. The van der Waals surface area contributed by atoms with Gasteiger partial charge in [-0.2, -0.15) is 0 Å². The van der Waals surface area contributed by atoms with Crippen molar-refractivity contribution in [2.45, 2.75) is 6.54 Å². The highest BCUT2D eigenvalue weighted by Crippen LogP contribution is 2.25. The number of aromatic amines is 1. The first-order chi connectivity index (χ1) is 9.71. The number of methoxy groups -OCH3 is 1. The number of hydrogen-bond donors (Lipinski definition) is 2. The molecule has 1 aromatic heterocycles. The number of ether oxygens (including phenoxy) is 1. The molecule has 0 spiro atoms. The lowest BCUT2D eigenvalue weighted by Gasteiger charge is -2.02. The summed E-state index contributed by atoms with van der Waals surface area (Å²) in [5.41, 5.74) is 9.02. The van der Waals surface area contributed by atoms with E-state index < -0.39 is 5.82 Å². The highest BCUT2D eigenvalue weighted by atomic mass is 19.1. The maximum Gasteiger partial charge on any atom is 0.165 e. The normalized spacial score (nSPS) is 10.9. The van der Waals surface area contributed by atoms with Gasteiger partial charge in [-0.25, -0.2) is 9.37 Å². The van der Waals surface area contributed by atoms with Gasteiger partial charge in [0.1, 0.15) is 5.82 Å². The number of nitrogens with zero attached hydrogens (tertiary/aromatic N) is 1. The van der Waals surface area contributed by atoms with Crippen molar-refractivity contribution in [3.05, 3.63) is 47.8 Å². The van der Waals surface area contributed by atoms with Crippen LogP contribution in [0.25, 0.3) is 22.4 Å². The van der Waals surface area contributed by atoms with Crippen LogP contribution in [0, 0.1) is 5.82 Å². The molecule has 0 radical (unpaired) electrons. The SMILES string of the molecule is COc1ccc(-c2nc3ccc(CN)cc3[nH]2)cc1F. The standard InChI is InChI=1S/C15H14FN3O/c1-20-14-5-3-10(7-11(14)16)15-18-12-4-2-9(8-17)6-13(12)19-15/h2-7H,8,17H2,1H3,(H,18,19). The molecule has 3 aromatic rings. The Labute approximate surface area is 115 Å². The van der Waals surface area contributed by atoms with Gasteiger partial charge >= 0.3 is 0 Å². The van der Waals surface area contributed by atoms with E-state index in [1.165, 1.54) is 13.2 Å². The second-order valence-electron chi connectivity index (χ2n) is 4.49. The van der Waals surface area contributed by atoms with Crippen LogP contribution in [-0.4, -0.2) is 17.1 Å². The molecule has 1 heterocycles. The van der Waals surface area contributed by atoms with Gasteiger partial charge in [0, 0.05) is 12.1 Å². The van der Waals surface area contributed by atoms with Gasteiger partial charge in [-0.1, -0.05) is 6.07 Å². The Balaban J connectivity index is 2.07. The van der Waals surface area contributed by atoms with Gasteiger partial charge in [-0.3, -0.25) is 0 Å². The van der Waals surface area contributed by atoms with Crippen molar-refractivity contribution in [3.8, 4) is 17.1 Å². The monoisotopic (exact) mass is 271 g/mol. The van der Waals surface area contributed by atoms with E-state index >= 15 is 0 Å². The van der Waals surface area contributed by atoms with Gasteiger partial charge < -0.3 is 15.5 Å². The maximum absolute atomic E-state index is 13.7. The Morgan fingerprint density at radius 3 is 2.80 bits per heavy atom. The number of nitrogens with one attached hydrogen (secondary N) is 1. The molecule has 0 atom stereocenters. The highest BCUT2D eigenvalue weighted by molar-refractivity contribution is 5.80. The smallest absolute Gasteiger partial charge is 0.165 e. The first-order valence-corrected chi connectivity index (χ1v) is 6.24. The fourth-order valence-electron chi connectivity index (χ4n) is 2.13. The zero-order valence-electron chi connectivity index (χ0n) is 11.0. The van der Waals surface area contributed by atoms with Crippen molar-refractivity contribution in [2.24, 2.45) is 5.73 Å². The van der Waals surface area contributed by atoms with Gasteiger partial charge in [0.15, 0.2) is 11.6 Å². The van der Waals surface area contributed by atoms with Crippen molar-refractivity contribution in [2.75, 3.05) is 7.11 Å². The Bertz CT molecular complexity index is 767. The summed E-state index contributed by atoms with van der Waals surface area (Å²) in [7, 11) is 1.44. The number of fused-ring (bicyclic) bond motifs is 1. The highest BCUT2D eigenvalue weighted by Gasteiger charge is 2.09. The van der Waals surface area contributed by atoms with Crippen molar-refractivity contribution in [3.63, 3.8) is 0 Å². The van der Waals surface area contributed by atoms with E-state index in [0.29, 0.717) is 17.9 Å². The van der Waals surface area contributed by atoms with Crippen molar-refractivity contribution in [1.82, 2.24) is 9.97 Å². The fraction of sp³-hybridized carbons (Fsp3) is 0.133. The van der Waals surface area contributed by atoms with E-state index in [4.69, 9.17) is 10.5 Å². The lowest BCUT2D eigenvalue weighted by Crippen LogP contribution is -1.95. The number of rotatable bonds is 3. The molecule has 0 aliphatic carbocycles. The van der Waals surface area contributed by atoms with E-state index in [-0.39, 0.29) is 5.75 Å². The molecule has 20 heavy (non-hydrogen) atoms. The molecule has 0 unspecified atom stereocenters. The number of benzene rings is 2. The van der Waals surface area contributed by atoms with Crippen LogP contribution in [-0.2, 0) is 6.54 Å². The van der Waals surface area contributed by atoms with Crippen LogP contribution in [0.15, 0.2) is 36.4 Å². The summed E-state index contributed by atoms with van der Waals surface area (Å²) in [6.45, 7) is 0.474. The first-order valence-electron chi connectivity index (χ1n) is 6.24. The molecule has 5 heteroatoms. The Hall–Kier alpha value is -2.40. The average molecular weight is 271 g/mol. The molecule has 0 saturated heterocycles. The molecule has 4 nitrogen and oxygen atoms in total. The summed E-state index contributed by atoms with van der Waals surface area (Å²) >= 11 is 0. The predicted octanol–water partition coefficient (Wildman–Crippen LogP) is 2.84. The lowest BCUT2D eigenvalue weighted by atomic mass is 10.2. The minimum absolute atomic E-state index is 0.218. The number of imidazole rings is 1. The fourth-order valence-corrected chi connectivity index (χ4v) is 2.13. The number of halogens is 1. The van der Waals surface area contributed by atoms with Crippen molar-refractivity contribution >= 4 is 11.0 Å². The molecule has 0 amide bonds.